The van der Waals surface area contributed by atoms with E-state index in [9.17, 15) is 13.6 Å². The summed E-state index contributed by atoms with van der Waals surface area (Å²) in [5.74, 6) is -2.46. The SMILES string of the molecule is CCN(CC1CCC1)c1c(F)cc(C(=O)O)cc1F. The molecule has 104 valence electrons. The number of carbonyl (C=O) groups is 1. The summed E-state index contributed by atoms with van der Waals surface area (Å²) in [5, 5.41) is 8.77. The zero-order valence-corrected chi connectivity index (χ0v) is 10.8. The van der Waals surface area contributed by atoms with E-state index in [-0.39, 0.29) is 11.3 Å². The highest BCUT2D eigenvalue weighted by Crippen LogP contribution is 2.31. The quantitative estimate of drug-likeness (QED) is 0.891. The van der Waals surface area contributed by atoms with Crippen LogP contribution in [-0.2, 0) is 0 Å². The van der Waals surface area contributed by atoms with Gasteiger partial charge in [-0.25, -0.2) is 13.6 Å². The first-order chi connectivity index (χ1) is 9.02. The van der Waals surface area contributed by atoms with E-state index in [2.05, 4.69) is 0 Å². The largest absolute Gasteiger partial charge is 0.478 e. The first-order valence-electron chi connectivity index (χ1n) is 6.50. The van der Waals surface area contributed by atoms with Gasteiger partial charge in [0.15, 0.2) is 0 Å². The lowest BCUT2D eigenvalue weighted by molar-refractivity contribution is 0.0695. The van der Waals surface area contributed by atoms with Crippen LogP contribution in [0.5, 0.6) is 0 Å². The minimum atomic E-state index is -1.33. The molecule has 1 aromatic carbocycles. The molecule has 2 rings (SSSR count). The number of anilines is 1. The van der Waals surface area contributed by atoms with Crippen molar-refractivity contribution in [1.82, 2.24) is 0 Å². The molecule has 1 aliphatic carbocycles. The predicted molar refractivity (Wildman–Crippen MR) is 68.5 cm³/mol. The molecule has 1 aliphatic rings. The van der Waals surface area contributed by atoms with Gasteiger partial charge in [-0.05, 0) is 37.8 Å². The van der Waals surface area contributed by atoms with Crippen molar-refractivity contribution in [2.24, 2.45) is 5.92 Å². The molecule has 0 saturated heterocycles. The van der Waals surface area contributed by atoms with Crippen LogP contribution in [-0.4, -0.2) is 24.2 Å². The molecule has 1 saturated carbocycles. The molecule has 1 N–H and O–H groups in total. The first kappa shape index (κ1) is 13.8. The fourth-order valence-electron chi connectivity index (χ4n) is 2.36. The Hall–Kier alpha value is -1.65. The molecule has 0 unspecified atom stereocenters. The summed E-state index contributed by atoms with van der Waals surface area (Å²) in [5.41, 5.74) is -0.474. The number of carboxylic acids is 1. The van der Waals surface area contributed by atoms with Gasteiger partial charge in [-0.1, -0.05) is 6.42 Å². The molecule has 0 bridgehead atoms. The van der Waals surface area contributed by atoms with E-state index in [1.54, 1.807) is 4.90 Å². The second-order valence-corrected chi connectivity index (χ2v) is 4.93. The Morgan fingerprint density at radius 2 is 1.95 bits per heavy atom. The van der Waals surface area contributed by atoms with Gasteiger partial charge in [0, 0.05) is 13.1 Å². The van der Waals surface area contributed by atoms with Crippen LogP contribution in [0.25, 0.3) is 0 Å². The van der Waals surface area contributed by atoms with Gasteiger partial charge < -0.3 is 10.0 Å². The van der Waals surface area contributed by atoms with Gasteiger partial charge in [-0.15, -0.1) is 0 Å². The number of hydrogen-bond acceptors (Lipinski definition) is 2. The fourth-order valence-corrected chi connectivity index (χ4v) is 2.36. The molecular weight excluding hydrogens is 252 g/mol. The maximum absolute atomic E-state index is 13.9. The maximum Gasteiger partial charge on any atom is 0.335 e. The molecule has 0 amide bonds. The Morgan fingerprint density at radius 3 is 2.32 bits per heavy atom. The van der Waals surface area contributed by atoms with E-state index in [0.29, 0.717) is 19.0 Å². The van der Waals surface area contributed by atoms with E-state index in [4.69, 9.17) is 5.11 Å². The number of benzene rings is 1. The summed E-state index contributed by atoms with van der Waals surface area (Å²) in [7, 11) is 0. The van der Waals surface area contributed by atoms with Crippen LogP contribution in [0.2, 0.25) is 0 Å². The molecular formula is C14H17F2NO2. The van der Waals surface area contributed by atoms with E-state index < -0.39 is 17.6 Å². The molecule has 3 nitrogen and oxygen atoms in total. The molecule has 1 aromatic rings. The van der Waals surface area contributed by atoms with Crippen molar-refractivity contribution >= 4 is 11.7 Å². The molecule has 19 heavy (non-hydrogen) atoms. The van der Waals surface area contributed by atoms with Gasteiger partial charge in [0.2, 0.25) is 0 Å². The van der Waals surface area contributed by atoms with Gasteiger partial charge in [0.05, 0.1) is 5.56 Å². The Kier molecular flexibility index (Phi) is 4.02. The van der Waals surface area contributed by atoms with Gasteiger partial charge in [-0.3, -0.25) is 0 Å². The average molecular weight is 269 g/mol. The van der Waals surface area contributed by atoms with Crippen LogP contribution in [0, 0.1) is 17.6 Å². The molecule has 0 heterocycles. The number of carboxylic acid groups (broad SMARTS) is 1. The van der Waals surface area contributed by atoms with E-state index in [1.807, 2.05) is 6.92 Å². The topological polar surface area (TPSA) is 40.5 Å². The molecule has 5 heteroatoms. The number of nitrogens with zero attached hydrogens (tertiary/aromatic N) is 1. The smallest absolute Gasteiger partial charge is 0.335 e. The number of aromatic carboxylic acids is 1. The van der Waals surface area contributed by atoms with Crippen molar-refractivity contribution < 1.29 is 18.7 Å². The van der Waals surface area contributed by atoms with Crippen molar-refractivity contribution in [3.8, 4) is 0 Å². The van der Waals surface area contributed by atoms with Crippen LogP contribution in [0.1, 0.15) is 36.5 Å². The van der Waals surface area contributed by atoms with Crippen molar-refractivity contribution in [1.29, 1.82) is 0 Å². The summed E-state index contributed by atoms with van der Waals surface area (Å²) >= 11 is 0. The van der Waals surface area contributed by atoms with Crippen LogP contribution < -0.4 is 4.90 Å². The third kappa shape index (κ3) is 2.85. The molecule has 0 atom stereocenters. The Labute approximate surface area is 110 Å². The highest BCUT2D eigenvalue weighted by Gasteiger charge is 2.24. The van der Waals surface area contributed by atoms with E-state index in [0.717, 1.165) is 25.0 Å². The Morgan fingerprint density at radius 1 is 1.37 bits per heavy atom. The fraction of sp³-hybridized carbons (Fsp3) is 0.500. The lowest BCUT2D eigenvalue weighted by atomic mass is 9.85. The van der Waals surface area contributed by atoms with Crippen LogP contribution in [0.15, 0.2) is 12.1 Å². The van der Waals surface area contributed by atoms with Crippen LogP contribution in [0.4, 0.5) is 14.5 Å². The van der Waals surface area contributed by atoms with Gasteiger partial charge in [0.25, 0.3) is 0 Å². The zero-order chi connectivity index (χ0) is 14.0. The predicted octanol–water partition coefficient (Wildman–Crippen LogP) is 3.29. The zero-order valence-electron chi connectivity index (χ0n) is 10.8. The highest BCUT2D eigenvalue weighted by molar-refractivity contribution is 5.88. The Bertz CT molecular complexity index is 463. The summed E-state index contributed by atoms with van der Waals surface area (Å²) in [6.07, 6.45) is 3.35. The number of rotatable bonds is 5. The maximum atomic E-state index is 13.9. The molecule has 0 spiro atoms. The lowest BCUT2D eigenvalue weighted by Crippen LogP contribution is -2.33. The molecule has 1 fully saturated rings. The molecule has 0 radical (unpaired) electrons. The first-order valence-corrected chi connectivity index (χ1v) is 6.50. The third-order valence-corrected chi connectivity index (χ3v) is 3.67. The summed E-state index contributed by atoms with van der Waals surface area (Å²) in [4.78, 5) is 12.4. The third-order valence-electron chi connectivity index (χ3n) is 3.67. The minimum absolute atomic E-state index is 0.112. The van der Waals surface area contributed by atoms with Crippen molar-refractivity contribution in [2.75, 3.05) is 18.0 Å². The van der Waals surface area contributed by atoms with Crippen LogP contribution >= 0.6 is 0 Å². The molecule has 0 aliphatic heterocycles. The van der Waals surface area contributed by atoms with Gasteiger partial charge >= 0.3 is 5.97 Å². The summed E-state index contributed by atoms with van der Waals surface area (Å²) in [6.45, 7) is 2.95. The normalized spacial score (nSPS) is 15.1. The number of hydrogen-bond donors (Lipinski definition) is 1. The summed E-state index contributed by atoms with van der Waals surface area (Å²) < 4.78 is 27.9. The standard InChI is InChI=1S/C14H17F2NO2/c1-2-17(8-9-4-3-5-9)13-11(15)6-10(14(18)19)7-12(13)16/h6-7,9H,2-5,8H2,1H3,(H,18,19). The number of halogens is 2. The van der Waals surface area contributed by atoms with Crippen molar-refractivity contribution in [3.05, 3.63) is 29.3 Å². The monoisotopic (exact) mass is 269 g/mol. The second kappa shape index (κ2) is 5.55. The highest BCUT2D eigenvalue weighted by atomic mass is 19.1. The average Bonchev–Trinajstić information content (AvgIpc) is 2.29. The van der Waals surface area contributed by atoms with Crippen molar-refractivity contribution in [3.63, 3.8) is 0 Å². The lowest BCUT2D eigenvalue weighted by Gasteiger charge is -2.33. The molecule has 0 aromatic heterocycles. The van der Waals surface area contributed by atoms with Crippen molar-refractivity contribution in [2.45, 2.75) is 26.2 Å². The van der Waals surface area contributed by atoms with Gasteiger partial charge in [-0.2, -0.15) is 0 Å². The minimum Gasteiger partial charge on any atom is -0.478 e. The van der Waals surface area contributed by atoms with E-state index >= 15 is 0 Å². The van der Waals surface area contributed by atoms with E-state index in [1.165, 1.54) is 6.42 Å². The second-order valence-electron chi connectivity index (χ2n) is 4.93. The van der Waals surface area contributed by atoms with Gasteiger partial charge in [0.1, 0.15) is 17.3 Å². The summed E-state index contributed by atoms with van der Waals surface area (Å²) in [6, 6.07) is 1.76. The Balaban J connectivity index is 2.28. The van der Waals surface area contributed by atoms with Crippen LogP contribution in [0.3, 0.4) is 0 Å².